The van der Waals surface area contributed by atoms with Crippen molar-refractivity contribution in [2.75, 3.05) is 31.1 Å². The highest BCUT2D eigenvalue weighted by atomic mass is 35.5. The lowest BCUT2D eigenvalue weighted by Gasteiger charge is -2.36. The van der Waals surface area contributed by atoms with Crippen molar-refractivity contribution in [2.24, 2.45) is 0 Å². The van der Waals surface area contributed by atoms with Gasteiger partial charge in [-0.3, -0.25) is 9.69 Å². The third-order valence-corrected chi connectivity index (χ3v) is 9.75. The van der Waals surface area contributed by atoms with E-state index in [0.29, 0.717) is 11.1 Å². The van der Waals surface area contributed by atoms with E-state index >= 15 is 0 Å². The smallest absolute Gasteiger partial charge is 0.186 e. The fraction of sp³-hybridized carbons (Fsp3) is 0.452. The van der Waals surface area contributed by atoms with E-state index < -0.39 is 11.7 Å². The third kappa shape index (κ3) is 6.11. The number of ketones is 1. The van der Waals surface area contributed by atoms with Crippen molar-refractivity contribution >= 4 is 55.4 Å². The first-order chi connectivity index (χ1) is 18.9. The number of piperazine rings is 1. The summed E-state index contributed by atoms with van der Waals surface area (Å²) >= 11 is 9.60. The molecule has 0 bridgehead atoms. The van der Waals surface area contributed by atoms with Gasteiger partial charge in [-0.15, -0.1) is 11.3 Å². The zero-order valence-electron chi connectivity index (χ0n) is 24.2. The van der Waals surface area contributed by atoms with Crippen molar-refractivity contribution in [1.82, 2.24) is 14.9 Å². The van der Waals surface area contributed by atoms with Crippen molar-refractivity contribution in [3.8, 4) is 21.0 Å². The van der Waals surface area contributed by atoms with Crippen LogP contribution in [0.25, 0.3) is 31.2 Å². The van der Waals surface area contributed by atoms with Gasteiger partial charge in [-0.1, -0.05) is 35.1 Å². The molecule has 40 heavy (non-hydrogen) atoms. The number of aryl methyl sites for hydroxylation is 1. The minimum absolute atomic E-state index is 0.0259. The molecule has 1 aliphatic heterocycles. The molecule has 5 rings (SSSR count). The van der Waals surface area contributed by atoms with Gasteiger partial charge in [-0.25, -0.2) is 9.97 Å². The van der Waals surface area contributed by atoms with Crippen molar-refractivity contribution in [3.05, 3.63) is 52.7 Å². The molecule has 2 aromatic heterocycles. The van der Waals surface area contributed by atoms with Crippen LogP contribution in [0.2, 0.25) is 5.02 Å². The molecule has 0 aliphatic carbocycles. The first-order valence-corrected chi connectivity index (χ1v) is 15.8. The molecule has 0 saturated carbocycles. The van der Waals surface area contributed by atoms with E-state index in [1.807, 2.05) is 58.2 Å². The number of nitrogens with zero attached hydrogens (tertiary/aromatic N) is 4. The number of fused-ring (bicyclic) bond motifs is 1. The largest absolute Gasteiger partial charge is 0.360 e. The standard InChI is InChI=1S/C31H37ClN4O2S2/c1-18(2)35-12-14-36(15-13-35)30-33-17-24(39-30)29-34-23-16-19(3)25(27(20(4)37)38-31(5,6)7)26(28(23)40-29)21-8-10-22(32)11-9-21/h8-11,16-18,27H,12-15H2,1-7H3/t27-/m1/s1. The van der Waals surface area contributed by atoms with Gasteiger partial charge in [0.25, 0.3) is 0 Å². The second kappa shape index (κ2) is 11.5. The molecule has 1 aliphatic rings. The minimum Gasteiger partial charge on any atom is -0.360 e. The second-order valence-corrected chi connectivity index (χ2v) is 14.1. The maximum atomic E-state index is 13.0. The van der Waals surface area contributed by atoms with Crippen LogP contribution in [0, 0.1) is 6.92 Å². The highest BCUT2D eigenvalue weighted by molar-refractivity contribution is 7.27. The van der Waals surface area contributed by atoms with E-state index in [1.165, 1.54) is 0 Å². The quantitative estimate of drug-likeness (QED) is 0.215. The van der Waals surface area contributed by atoms with Crippen molar-refractivity contribution < 1.29 is 9.53 Å². The molecule has 212 valence electrons. The molecule has 3 heterocycles. The molecule has 1 atom stereocenters. The molecule has 9 heteroatoms. The molecule has 6 nitrogen and oxygen atoms in total. The molecular formula is C31H37ClN4O2S2. The van der Waals surface area contributed by atoms with Crippen LogP contribution < -0.4 is 4.90 Å². The van der Waals surface area contributed by atoms with E-state index in [2.05, 4.69) is 29.7 Å². The topological polar surface area (TPSA) is 58.6 Å². The lowest BCUT2D eigenvalue weighted by molar-refractivity contribution is -0.138. The number of carbonyl (C=O) groups excluding carboxylic acids is 1. The fourth-order valence-corrected chi connectivity index (χ4v) is 7.45. The van der Waals surface area contributed by atoms with Crippen LogP contribution in [0.3, 0.4) is 0 Å². The summed E-state index contributed by atoms with van der Waals surface area (Å²) < 4.78 is 7.41. The SMILES string of the molecule is CC(=O)[C@@H](OC(C)(C)C)c1c(C)cc2nc(-c3cnc(N4CCN(C(C)C)CC4)s3)sc2c1-c1ccc(Cl)cc1. The summed E-state index contributed by atoms with van der Waals surface area (Å²) in [5, 5.41) is 2.64. The zero-order valence-corrected chi connectivity index (χ0v) is 26.6. The number of benzene rings is 2. The molecule has 1 saturated heterocycles. The normalized spacial score (nSPS) is 15.8. The zero-order chi connectivity index (χ0) is 28.8. The number of aromatic nitrogens is 2. The number of Topliss-reactive ketones (excluding diaryl/α,β-unsaturated/α-hetero) is 1. The predicted molar refractivity (Wildman–Crippen MR) is 169 cm³/mol. The monoisotopic (exact) mass is 596 g/mol. The van der Waals surface area contributed by atoms with Gasteiger partial charge in [0.1, 0.15) is 11.1 Å². The van der Waals surface area contributed by atoms with Crippen LogP contribution in [0.5, 0.6) is 0 Å². The number of anilines is 1. The summed E-state index contributed by atoms with van der Waals surface area (Å²) in [6, 6.07) is 10.4. The molecule has 4 aromatic rings. The van der Waals surface area contributed by atoms with Crippen LogP contribution in [-0.4, -0.2) is 58.5 Å². The summed E-state index contributed by atoms with van der Waals surface area (Å²) in [5.74, 6) is -0.0259. The molecule has 0 unspecified atom stereocenters. The first kappa shape index (κ1) is 29.1. The van der Waals surface area contributed by atoms with Gasteiger partial charge in [0.15, 0.2) is 10.9 Å². The van der Waals surface area contributed by atoms with Gasteiger partial charge in [0, 0.05) is 48.4 Å². The molecule has 0 radical (unpaired) electrons. The van der Waals surface area contributed by atoms with E-state index in [0.717, 1.165) is 73.7 Å². The Morgan fingerprint density at radius 1 is 1.07 bits per heavy atom. The minimum atomic E-state index is -0.694. The van der Waals surface area contributed by atoms with Crippen LogP contribution in [0.15, 0.2) is 36.5 Å². The highest BCUT2D eigenvalue weighted by Gasteiger charge is 2.31. The van der Waals surface area contributed by atoms with Crippen LogP contribution in [-0.2, 0) is 9.53 Å². The Hall–Kier alpha value is -2.36. The number of rotatable bonds is 7. The molecule has 0 spiro atoms. The van der Waals surface area contributed by atoms with Crippen LogP contribution in [0.1, 0.15) is 58.8 Å². The summed E-state index contributed by atoms with van der Waals surface area (Å²) in [6.45, 7) is 18.1. The Morgan fingerprint density at radius 3 is 2.35 bits per heavy atom. The second-order valence-electron chi connectivity index (χ2n) is 11.7. The van der Waals surface area contributed by atoms with Crippen LogP contribution in [0.4, 0.5) is 5.13 Å². The summed E-state index contributed by atoms with van der Waals surface area (Å²) in [5.41, 5.74) is 4.25. The van der Waals surface area contributed by atoms with E-state index in [1.54, 1.807) is 29.6 Å². The van der Waals surface area contributed by atoms with Gasteiger partial charge in [-0.05, 0) is 77.8 Å². The maximum Gasteiger partial charge on any atom is 0.186 e. The molecule has 2 aromatic carbocycles. The summed E-state index contributed by atoms with van der Waals surface area (Å²) in [6.07, 6.45) is 1.25. The Bertz CT molecular complexity index is 1510. The van der Waals surface area contributed by atoms with Gasteiger partial charge >= 0.3 is 0 Å². The summed E-state index contributed by atoms with van der Waals surface area (Å²) in [4.78, 5) is 28.8. The Labute approximate surface area is 250 Å². The number of thiazole rings is 2. The van der Waals surface area contributed by atoms with Gasteiger partial charge in [0.05, 0.1) is 26.9 Å². The predicted octanol–water partition coefficient (Wildman–Crippen LogP) is 8.02. The highest BCUT2D eigenvalue weighted by Crippen LogP contribution is 2.45. The van der Waals surface area contributed by atoms with Crippen molar-refractivity contribution in [2.45, 2.75) is 66.2 Å². The van der Waals surface area contributed by atoms with Gasteiger partial charge in [0.2, 0.25) is 0 Å². The van der Waals surface area contributed by atoms with Crippen LogP contribution >= 0.6 is 34.3 Å². The molecular weight excluding hydrogens is 560 g/mol. The fourth-order valence-electron chi connectivity index (χ4n) is 5.20. The van der Waals surface area contributed by atoms with Crippen molar-refractivity contribution in [3.63, 3.8) is 0 Å². The van der Waals surface area contributed by atoms with E-state index in [9.17, 15) is 4.79 Å². The number of ether oxygens (including phenoxy) is 1. The maximum absolute atomic E-state index is 13.0. The first-order valence-electron chi connectivity index (χ1n) is 13.7. The third-order valence-electron chi connectivity index (χ3n) is 7.18. The lowest BCUT2D eigenvalue weighted by Crippen LogP contribution is -2.48. The van der Waals surface area contributed by atoms with E-state index in [4.69, 9.17) is 26.3 Å². The number of hydrogen-bond donors (Lipinski definition) is 0. The lowest BCUT2D eigenvalue weighted by atomic mass is 9.90. The average molecular weight is 597 g/mol. The number of carbonyl (C=O) groups is 1. The van der Waals surface area contributed by atoms with Gasteiger partial charge < -0.3 is 9.64 Å². The van der Waals surface area contributed by atoms with Crippen molar-refractivity contribution in [1.29, 1.82) is 0 Å². The molecule has 0 amide bonds. The Kier molecular flexibility index (Phi) is 8.37. The molecule has 0 N–H and O–H groups in total. The van der Waals surface area contributed by atoms with E-state index in [-0.39, 0.29) is 5.78 Å². The number of halogens is 1. The van der Waals surface area contributed by atoms with Gasteiger partial charge in [-0.2, -0.15) is 0 Å². The Morgan fingerprint density at radius 2 is 1.75 bits per heavy atom. The number of hydrogen-bond acceptors (Lipinski definition) is 8. The Balaban J connectivity index is 1.59. The molecule has 1 fully saturated rings. The summed E-state index contributed by atoms with van der Waals surface area (Å²) in [7, 11) is 0. The average Bonchev–Trinajstić information content (AvgIpc) is 3.54.